The molecule has 0 saturated heterocycles. The van der Waals surface area contributed by atoms with E-state index >= 15 is 0 Å². The number of nitrogens with two attached hydrogens (primary N) is 1. The lowest BCUT2D eigenvalue weighted by Gasteiger charge is -2.16. The molecule has 0 aromatic heterocycles. The Balaban J connectivity index is 2.48. The first-order valence-electron chi connectivity index (χ1n) is 6.90. The van der Waals surface area contributed by atoms with Crippen LogP contribution in [0.3, 0.4) is 0 Å². The molecule has 4 heteroatoms. The van der Waals surface area contributed by atoms with Crippen LogP contribution in [0.5, 0.6) is 0 Å². The number of hydrogen-bond donors (Lipinski definition) is 2. The maximum Gasteiger partial charge on any atom is 0.105 e. The number of hydrogen-bond acceptors (Lipinski definition) is 2. The fourth-order valence-electron chi connectivity index (χ4n) is 2.04. The molecule has 1 aromatic rings. The molecule has 19 heavy (non-hydrogen) atoms. The first-order valence-corrected chi connectivity index (χ1v) is 7.69. The van der Waals surface area contributed by atoms with Gasteiger partial charge in [0.25, 0.3) is 0 Å². The first kappa shape index (κ1) is 16.3. The van der Waals surface area contributed by atoms with Gasteiger partial charge in [0.1, 0.15) is 4.99 Å². The van der Waals surface area contributed by atoms with Crippen LogP contribution in [0.2, 0.25) is 5.02 Å². The summed E-state index contributed by atoms with van der Waals surface area (Å²) < 4.78 is 0. The zero-order valence-corrected chi connectivity index (χ0v) is 13.3. The molecule has 0 bridgehead atoms. The Morgan fingerprint density at radius 2 is 2.11 bits per heavy atom. The topological polar surface area (TPSA) is 38.0 Å². The van der Waals surface area contributed by atoms with E-state index in [2.05, 4.69) is 19.2 Å². The highest BCUT2D eigenvalue weighted by Crippen LogP contribution is 2.22. The second kappa shape index (κ2) is 8.39. The summed E-state index contributed by atoms with van der Waals surface area (Å²) in [7, 11) is 0. The lowest BCUT2D eigenvalue weighted by Crippen LogP contribution is -2.15. The molecule has 0 aliphatic rings. The average Bonchev–Trinajstić information content (AvgIpc) is 2.34. The summed E-state index contributed by atoms with van der Waals surface area (Å²) in [6.07, 6.45) is 6.35. The van der Waals surface area contributed by atoms with Gasteiger partial charge in [-0.25, -0.2) is 0 Å². The van der Waals surface area contributed by atoms with Crippen molar-refractivity contribution in [3.8, 4) is 0 Å². The van der Waals surface area contributed by atoms with E-state index in [1.165, 1.54) is 32.1 Å². The molecule has 0 fully saturated rings. The maximum absolute atomic E-state index is 6.15. The van der Waals surface area contributed by atoms with Gasteiger partial charge in [-0.15, -0.1) is 0 Å². The molecule has 0 heterocycles. The highest BCUT2D eigenvalue weighted by atomic mass is 35.5. The molecule has 1 aromatic carbocycles. The predicted octanol–water partition coefficient (Wildman–Crippen LogP) is 4.75. The van der Waals surface area contributed by atoms with Crippen molar-refractivity contribution in [2.45, 2.75) is 52.0 Å². The Morgan fingerprint density at radius 1 is 1.37 bits per heavy atom. The van der Waals surface area contributed by atoms with Gasteiger partial charge in [-0.1, -0.05) is 56.4 Å². The van der Waals surface area contributed by atoms with E-state index in [4.69, 9.17) is 29.6 Å². The summed E-state index contributed by atoms with van der Waals surface area (Å²) in [6, 6.07) is 6.18. The average molecular weight is 299 g/mol. The monoisotopic (exact) mass is 298 g/mol. The zero-order valence-electron chi connectivity index (χ0n) is 11.7. The molecule has 0 aliphatic heterocycles. The standard InChI is InChI=1S/C15H23ClN2S/c1-3-4-5-6-7-11(2)18-12-8-9-13(15(17)19)14(16)10-12/h8-11,18H,3-7H2,1-2H3,(H2,17,19). The van der Waals surface area contributed by atoms with Crippen molar-refractivity contribution in [2.75, 3.05) is 5.32 Å². The number of thiocarbonyl (C=S) groups is 1. The molecule has 106 valence electrons. The van der Waals surface area contributed by atoms with Gasteiger partial charge in [0, 0.05) is 17.3 Å². The third-order valence-electron chi connectivity index (χ3n) is 3.14. The smallest absolute Gasteiger partial charge is 0.105 e. The van der Waals surface area contributed by atoms with Gasteiger partial charge in [0.15, 0.2) is 0 Å². The first-order chi connectivity index (χ1) is 9.04. The van der Waals surface area contributed by atoms with Crippen molar-refractivity contribution in [1.82, 2.24) is 0 Å². The van der Waals surface area contributed by atoms with Crippen molar-refractivity contribution in [3.63, 3.8) is 0 Å². The van der Waals surface area contributed by atoms with Crippen LogP contribution in [0.4, 0.5) is 5.69 Å². The Kier molecular flexibility index (Phi) is 7.17. The van der Waals surface area contributed by atoms with Gasteiger partial charge < -0.3 is 11.1 Å². The third kappa shape index (κ3) is 5.79. The normalized spacial score (nSPS) is 12.2. The second-order valence-electron chi connectivity index (χ2n) is 4.95. The van der Waals surface area contributed by atoms with Crippen LogP contribution in [-0.4, -0.2) is 11.0 Å². The van der Waals surface area contributed by atoms with E-state index < -0.39 is 0 Å². The number of halogens is 1. The van der Waals surface area contributed by atoms with Crippen molar-refractivity contribution in [3.05, 3.63) is 28.8 Å². The van der Waals surface area contributed by atoms with Crippen LogP contribution in [0.15, 0.2) is 18.2 Å². The summed E-state index contributed by atoms with van der Waals surface area (Å²) >= 11 is 11.1. The summed E-state index contributed by atoms with van der Waals surface area (Å²) in [5, 5.41) is 4.06. The van der Waals surface area contributed by atoms with Crippen LogP contribution in [0, 0.1) is 0 Å². The van der Waals surface area contributed by atoms with Crippen LogP contribution >= 0.6 is 23.8 Å². The van der Waals surface area contributed by atoms with Gasteiger partial charge in [0.05, 0.1) is 5.02 Å². The van der Waals surface area contributed by atoms with Crippen molar-refractivity contribution in [2.24, 2.45) is 5.73 Å². The fraction of sp³-hybridized carbons (Fsp3) is 0.533. The number of nitrogens with one attached hydrogen (secondary N) is 1. The highest BCUT2D eigenvalue weighted by molar-refractivity contribution is 7.80. The molecule has 1 unspecified atom stereocenters. The molecule has 0 spiro atoms. The van der Waals surface area contributed by atoms with Gasteiger partial charge in [-0.2, -0.15) is 0 Å². The third-order valence-corrected chi connectivity index (χ3v) is 3.67. The summed E-state index contributed by atoms with van der Waals surface area (Å²) in [5.74, 6) is 0. The fourth-order valence-corrected chi connectivity index (χ4v) is 2.56. The Labute approximate surface area is 126 Å². The molecule has 0 amide bonds. The van der Waals surface area contributed by atoms with Gasteiger partial charge in [-0.05, 0) is 31.5 Å². The van der Waals surface area contributed by atoms with E-state index in [0.29, 0.717) is 16.1 Å². The van der Waals surface area contributed by atoms with E-state index in [9.17, 15) is 0 Å². The number of rotatable bonds is 8. The van der Waals surface area contributed by atoms with E-state index in [0.717, 1.165) is 11.3 Å². The van der Waals surface area contributed by atoms with Crippen molar-refractivity contribution >= 4 is 34.5 Å². The van der Waals surface area contributed by atoms with E-state index in [1.807, 2.05) is 18.2 Å². The van der Waals surface area contributed by atoms with Crippen LogP contribution in [0.1, 0.15) is 51.5 Å². The quantitative estimate of drug-likeness (QED) is 0.537. The molecule has 3 N–H and O–H groups in total. The van der Waals surface area contributed by atoms with Crippen LogP contribution in [0.25, 0.3) is 0 Å². The second-order valence-corrected chi connectivity index (χ2v) is 5.80. The Morgan fingerprint density at radius 3 is 2.68 bits per heavy atom. The van der Waals surface area contributed by atoms with Gasteiger partial charge >= 0.3 is 0 Å². The SMILES string of the molecule is CCCCCCC(C)Nc1ccc(C(N)=S)c(Cl)c1. The van der Waals surface area contributed by atoms with Crippen molar-refractivity contribution < 1.29 is 0 Å². The van der Waals surface area contributed by atoms with Gasteiger partial charge in [-0.3, -0.25) is 0 Å². The molecule has 0 radical (unpaired) electrons. The molecule has 1 atom stereocenters. The number of unbranched alkanes of at least 4 members (excludes halogenated alkanes) is 3. The number of benzene rings is 1. The highest BCUT2D eigenvalue weighted by Gasteiger charge is 2.06. The minimum Gasteiger partial charge on any atom is -0.389 e. The Hall–Kier alpha value is -0.800. The van der Waals surface area contributed by atoms with Crippen LogP contribution < -0.4 is 11.1 Å². The molecular weight excluding hydrogens is 276 g/mol. The largest absolute Gasteiger partial charge is 0.389 e. The minimum atomic E-state index is 0.337. The minimum absolute atomic E-state index is 0.337. The molecule has 0 saturated carbocycles. The molecule has 2 nitrogen and oxygen atoms in total. The van der Waals surface area contributed by atoms with Gasteiger partial charge in [0.2, 0.25) is 0 Å². The maximum atomic E-state index is 6.15. The van der Waals surface area contributed by atoms with Crippen molar-refractivity contribution in [1.29, 1.82) is 0 Å². The summed E-state index contributed by atoms with van der Waals surface area (Å²) in [6.45, 7) is 4.43. The summed E-state index contributed by atoms with van der Waals surface area (Å²) in [5.41, 5.74) is 7.34. The lowest BCUT2D eigenvalue weighted by atomic mass is 10.1. The molecule has 1 rings (SSSR count). The van der Waals surface area contributed by atoms with Crippen LogP contribution in [-0.2, 0) is 0 Å². The molecule has 0 aliphatic carbocycles. The van der Waals surface area contributed by atoms with E-state index in [-0.39, 0.29) is 0 Å². The predicted molar refractivity (Wildman–Crippen MR) is 89.2 cm³/mol. The zero-order chi connectivity index (χ0) is 14.3. The lowest BCUT2D eigenvalue weighted by molar-refractivity contribution is 0.594. The Bertz CT molecular complexity index is 421. The number of anilines is 1. The van der Waals surface area contributed by atoms with E-state index in [1.54, 1.807) is 0 Å². The molecular formula is C15H23ClN2S. The summed E-state index contributed by atoms with van der Waals surface area (Å²) in [4.78, 5) is 0.337.